The summed E-state index contributed by atoms with van der Waals surface area (Å²) in [5, 5.41) is 12.3. The van der Waals surface area contributed by atoms with E-state index in [2.05, 4.69) is 29.6 Å². The second-order valence-electron chi connectivity index (χ2n) is 9.68. The van der Waals surface area contributed by atoms with Crippen molar-refractivity contribution < 1.29 is 24.2 Å². The number of ether oxygens (including phenoxy) is 1. The van der Waals surface area contributed by atoms with E-state index in [-0.39, 0.29) is 36.4 Å². The first-order valence-electron chi connectivity index (χ1n) is 12.1. The molecule has 4 atom stereocenters. The van der Waals surface area contributed by atoms with Gasteiger partial charge in [-0.15, -0.1) is 0 Å². The summed E-state index contributed by atoms with van der Waals surface area (Å²) in [5.41, 5.74) is 4.71. The minimum Gasteiger partial charge on any atom is -0.481 e. The van der Waals surface area contributed by atoms with Gasteiger partial charge in [-0.05, 0) is 54.9 Å². The van der Waals surface area contributed by atoms with E-state index in [1.165, 1.54) is 22.3 Å². The zero-order valence-corrected chi connectivity index (χ0v) is 19.3. The van der Waals surface area contributed by atoms with Crippen molar-refractivity contribution in [2.75, 3.05) is 13.2 Å². The number of alkyl carbamates (subject to hydrolysis) is 1. The highest BCUT2D eigenvalue weighted by Crippen LogP contribution is 2.44. The monoisotopic (exact) mass is 462 g/mol. The zero-order valence-electron chi connectivity index (χ0n) is 19.3. The van der Waals surface area contributed by atoms with Crippen LogP contribution in [0.4, 0.5) is 4.79 Å². The molecule has 1 saturated heterocycles. The van der Waals surface area contributed by atoms with Crippen molar-refractivity contribution in [1.82, 2.24) is 10.2 Å². The normalized spacial score (nSPS) is 25.6. The third kappa shape index (κ3) is 4.04. The molecule has 7 heteroatoms. The van der Waals surface area contributed by atoms with E-state index in [1.54, 1.807) is 4.90 Å². The van der Waals surface area contributed by atoms with E-state index in [0.29, 0.717) is 32.2 Å². The summed E-state index contributed by atoms with van der Waals surface area (Å²) in [6, 6.07) is 16.0. The molecule has 2 N–H and O–H groups in total. The van der Waals surface area contributed by atoms with E-state index < -0.39 is 18.0 Å². The lowest BCUT2D eigenvalue weighted by molar-refractivity contribution is -0.143. The minimum absolute atomic E-state index is 0.00749. The smallest absolute Gasteiger partial charge is 0.407 e. The van der Waals surface area contributed by atoms with Gasteiger partial charge in [-0.2, -0.15) is 0 Å². The average molecular weight is 463 g/mol. The van der Waals surface area contributed by atoms with Crippen LogP contribution in [0.1, 0.15) is 49.7 Å². The molecule has 2 fully saturated rings. The molecule has 178 valence electrons. The maximum Gasteiger partial charge on any atom is 0.407 e. The summed E-state index contributed by atoms with van der Waals surface area (Å²) >= 11 is 0. The Morgan fingerprint density at radius 2 is 1.65 bits per heavy atom. The second-order valence-corrected chi connectivity index (χ2v) is 9.68. The molecule has 4 unspecified atom stereocenters. The average Bonchev–Trinajstić information content (AvgIpc) is 3.53. The molecule has 1 heterocycles. The van der Waals surface area contributed by atoms with Crippen LogP contribution in [0.3, 0.4) is 0 Å². The van der Waals surface area contributed by atoms with Crippen molar-refractivity contribution in [3.63, 3.8) is 0 Å². The van der Waals surface area contributed by atoms with E-state index in [9.17, 15) is 19.5 Å². The van der Waals surface area contributed by atoms with Crippen molar-refractivity contribution in [3.05, 3.63) is 59.7 Å². The fourth-order valence-corrected chi connectivity index (χ4v) is 5.96. The van der Waals surface area contributed by atoms with Gasteiger partial charge in [0.2, 0.25) is 5.91 Å². The number of hydrogen-bond donors (Lipinski definition) is 2. The molecule has 0 bridgehead atoms. The Kier molecular flexibility index (Phi) is 6.02. The van der Waals surface area contributed by atoms with Gasteiger partial charge in [0, 0.05) is 30.5 Å². The first-order chi connectivity index (χ1) is 16.4. The summed E-state index contributed by atoms with van der Waals surface area (Å²) in [7, 11) is 0. The lowest BCUT2D eigenvalue weighted by Crippen LogP contribution is -2.41. The summed E-state index contributed by atoms with van der Waals surface area (Å²) in [5.74, 6) is -1.51. The standard InChI is InChI=1S/C27H30N2O5/c1-16-19(26(31)32)12-13-29(16)25(30)17-10-11-18(14-17)28-27(33)34-15-24-22-8-4-2-6-20(22)21-7-3-5-9-23(21)24/h2-9,16-19,24H,10-15H2,1H3,(H,28,33)(H,31,32). The lowest BCUT2D eigenvalue weighted by Gasteiger charge is -2.26. The van der Waals surface area contributed by atoms with Gasteiger partial charge in [0.25, 0.3) is 0 Å². The van der Waals surface area contributed by atoms with Crippen molar-refractivity contribution >= 4 is 18.0 Å². The Bertz CT molecular complexity index is 1070. The Hall–Kier alpha value is -3.35. The molecule has 2 aliphatic carbocycles. The molecule has 2 amide bonds. The van der Waals surface area contributed by atoms with Crippen LogP contribution in [0, 0.1) is 11.8 Å². The van der Waals surface area contributed by atoms with Crippen LogP contribution in [0.5, 0.6) is 0 Å². The van der Waals surface area contributed by atoms with E-state index in [1.807, 2.05) is 31.2 Å². The number of benzene rings is 2. The summed E-state index contributed by atoms with van der Waals surface area (Å²) < 4.78 is 5.64. The molecule has 2 aromatic rings. The first kappa shape index (κ1) is 22.4. The molecule has 1 aliphatic heterocycles. The molecule has 7 nitrogen and oxygen atoms in total. The molecular weight excluding hydrogens is 432 g/mol. The van der Waals surface area contributed by atoms with Crippen LogP contribution in [0.25, 0.3) is 11.1 Å². The van der Waals surface area contributed by atoms with Crippen LogP contribution in [0.2, 0.25) is 0 Å². The van der Waals surface area contributed by atoms with Crippen LogP contribution >= 0.6 is 0 Å². The third-order valence-corrected chi connectivity index (χ3v) is 7.80. The highest BCUT2D eigenvalue weighted by molar-refractivity contribution is 5.82. The number of nitrogens with one attached hydrogen (secondary N) is 1. The van der Waals surface area contributed by atoms with Crippen molar-refractivity contribution in [2.24, 2.45) is 11.8 Å². The fourth-order valence-electron chi connectivity index (χ4n) is 5.96. The lowest BCUT2D eigenvalue weighted by atomic mass is 9.98. The van der Waals surface area contributed by atoms with Gasteiger partial charge in [0.1, 0.15) is 6.61 Å². The maximum absolute atomic E-state index is 13.0. The predicted octanol–water partition coefficient (Wildman–Crippen LogP) is 4.02. The van der Waals surface area contributed by atoms with Gasteiger partial charge in [0.05, 0.1) is 5.92 Å². The Balaban J connectivity index is 1.15. The molecule has 0 radical (unpaired) electrons. The number of carboxylic acid groups (broad SMARTS) is 1. The number of carbonyl (C=O) groups is 3. The predicted molar refractivity (Wildman–Crippen MR) is 126 cm³/mol. The van der Waals surface area contributed by atoms with Crippen LogP contribution in [-0.2, 0) is 14.3 Å². The topological polar surface area (TPSA) is 95.9 Å². The van der Waals surface area contributed by atoms with Crippen molar-refractivity contribution in [3.8, 4) is 11.1 Å². The van der Waals surface area contributed by atoms with Gasteiger partial charge in [0.15, 0.2) is 0 Å². The molecule has 34 heavy (non-hydrogen) atoms. The maximum atomic E-state index is 13.0. The van der Waals surface area contributed by atoms with Gasteiger partial charge in [-0.1, -0.05) is 48.5 Å². The molecule has 0 aromatic heterocycles. The Morgan fingerprint density at radius 1 is 1.00 bits per heavy atom. The molecule has 2 aromatic carbocycles. The van der Waals surface area contributed by atoms with E-state index in [4.69, 9.17) is 4.74 Å². The Labute approximate surface area is 199 Å². The quantitative estimate of drug-likeness (QED) is 0.700. The SMILES string of the molecule is CC1C(C(=O)O)CCN1C(=O)C1CCC(NC(=O)OCC2c3ccccc3-c3ccccc32)C1. The number of carboxylic acids is 1. The molecule has 0 spiro atoms. The number of rotatable bonds is 5. The second kappa shape index (κ2) is 9.12. The number of likely N-dealkylation sites (tertiary alicyclic amines) is 1. The summed E-state index contributed by atoms with van der Waals surface area (Å²) in [4.78, 5) is 38.6. The highest BCUT2D eigenvalue weighted by atomic mass is 16.5. The van der Waals surface area contributed by atoms with Gasteiger partial charge in [-0.3, -0.25) is 9.59 Å². The molecule has 5 rings (SSSR count). The minimum atomic E-state index is -0.843. The first-order valence-corrected chi connectivity index (χ1v) is 12.1. The number of amides is 2. The Morgan fingerprint density at radius 3 is 2.26 bits per heavy atom. The summed E-state index contributed by atoms with van der Waals surface area (Å²) in [6.45, 7) is 2.56. The number of fused-ring (bicyclic) bond motifs is 3. The van der Waals surface area contributed by atoms with Crippen LogP contribution < -0.4 is 5.32 Å². The molecule has 3 aliphatic rings. The largest absolute Gasteiger partial charge is 0.481 e. The zero-order chi connectivity index (χ0) is 23.8. The van der Waals surface area contributed by atoms with E-state index >= 15 is 0 Å². The number of hydrogen-bond acceptors (Lipinski definition) is 4. The van der Waals surface area contributed by atoms with Crippen molar-refractivity contribution in [2.45, 2.75) is 50.6 Å². The fraction of sp³-hybridized carbons (Fsp3) is 0.444. The number of nitrogens with zero attached hydrogens (tertiary/aromatic N) is 1. The highest BCUT2D eigenvalue weighted by Gasteiger charge is 2.42. The molecular formula is C27H30N2O5. The van der Waals surface area contributed by atoms with Crippen molar-refractivity contribution in [1.29, 1.82) is 0 Å². The summed E-state index contributed by atoms with van der Waals surface area (Å²) in [6.07, 6.45) is 2.00. The third-order valence-electron chi connectivity index (χ3n) is 7.80. The van der Waals surface area contributed by atoms with Gasteiger partial charge >= 0.3 is 12.1 Å². The van der Waals surface area contributed by atoms with E-state index in [0.717, 1.165) is 0 Å². The number of carbonyl (C=O) groups excluding carboxylic acids is 2. The number of aliphatic carboxylic acids is 1. The van der Waals surface area contributed by atoms with Crippen LogP contribution in [0.15, 0.2) is 48.5 Å². The van der Waals surface area contributed by atoms with Gasteiger partial charge < -0.3 is 20.1 Å². The van der Waals surface area contributed by atoms with Crippen LogP contribution in [-0.4, -0.2) is 53.2 Å². The molecule has 1 saturated carbocycles. The van der Waals surface area contributed by atoms with Gasteiger partial charge in [-0.25, -0.2) is 4.79 Å².